The van der Waals surface area contributed by atoms with Crippen LogP contribution in [0.2, 0.25) is 0 Å². The van der Waals surface area contributed by atoms with Gasteiger partial charge in [-0.15, -0.1) is 0 Å². The highest BCUT2D eigenvalue weighted by Crippen LogP contribution is 2.17. The Kier molecular flexibility index (Phi) is 8.45. The van der Waals surface area contributed by atoms with Crippen molar-refractivity contribution >= 4 is 46.9 Å². The van der Waals surface area contributed by atoms with Crippen LogP contribution in [0.5, 0.6) is 0 Å². The Morgan fingerprint density at radius 3 is 1.33 bits per heavy atom. The Balaban J connectivity index is 1.17. The largest absolute Gasteiger partial charge is 0.459 e. The molecule has 206 valence electrons. The molecule has 0 fully saturated rings. The first-order valence-corrected chi connectivity index (χ1v) is 12.9. The van der Waals surface area contributed by atoms with Gasteiger partial charge in [0.15, 0.2) is 23.1 Å². The minimum atomic E-state index is -0.404. The lowest BCUT2D eigenvalue weighted by atomic mass is 10.1. The number of hydrogen-bond acceptors (Lipinski definition) is 6. The molecule has 0 spiro atoms. The number of allylic oxidation sites excluding steroid dienone is 2. The molecule has 8 heteroatoms. The van der Waals surface area contributed by atoms with E-state index in [1.165, 1.54) is 24.7 Å². The van der Waals surface area contributed by atoms with Crippen LogP contribution in [0.4, 0.5) is 11.4 Å². The molecule has 0 aliphatic heterocycles. The molecule has 8 nitrogen and oxygen atoms in total. The topological polar surface area (TPSA) is 119 Å². The molecule has 2 amide bonds. The summed E-state index contributed by atoms with van der Waals surface area (Å²) in [5.41, 5.74) is 3.40. The number of rotatable bonds is 10. The predicted octanol–water partition coefficient (Wildman–Crippen LogP) is 7.17. The van der Waals surface area contributed by atoms with Crippen LogP contribution in [0, 0.1) is 0 Å². The van der Waals surface area contributed by atoms with Crippen molar-refractivity contribution in [2.45, 2.75) is 0 Å². The van der Waals surface area contributed by atoms with E-state index in [1.54, 1.807) is 84.9 Å². The van der Waals surface area contributed by atoms with E-state index in [2.05, 4.69) is 10.6 Å². The Labute approximate surface area is 241 Å². The highest BCUT2D eigenvalue weighted by molar-refractivity contribution is 6.09. The molecule has 0 aliphatic carbocycles. The average molecular weight is 557 g/mol. The fraction of sp³-hybridized carbons (Fsp3) is 0. The Morgan fingerprint density at radius 1 is 0.524 bits per heavy atom. The SMILES string of the molecule is O=C(C=Cc1ccc(C=CC(=O)c2cccc(NC(=O)c3ccco3)c2)cc1)c1cccc(NC(=O)c2ccco2)c1. The van der Waals surface area contributed by atoms with Crippen molar-refractivity contribution in [3.05, 3.63) is 156 Å². The molecule has 2 N–H and O–H groups in total. The first-order valence-electron chi connectivity index (χ1n) is 12.9. The van der Waals surface area contributed by atoms with Crippen LogP contribution >= 0.6 is 0 Å². The van der Waals surface area contributed by atoms with Gasteiger partial charge in [0.1, 0.15) is 0 Å². The molecule has 3 aromatic carbocycles. The maximum absolute atomic E-state index is 12.7. The number of hydrogen-bond donors (Lipinski definition) is 2. The number of carbonyl (C=O) groups is 4. The summed E-state index contributed by atoms with van der Waals surface area (Å²) in [4.78, 5) is 49.8. The second-order valence-electron chi connectivity index (χ2n) is 9.09. The Morgan fingerprint density at radius 2 is 0.952 bits per heavy atom. The summed E-state index contributed by atoms with van der Waals surface area (Å²) >= 11 is 0. The average Bonchev–Trinajstić information content (AvgIpc) is 3.75. The van der Waals surface area contributed by atoms with Gasteiger partial charge in [0.05, 0.1) is 12.5 Å². The Bertz CT molecular complexity index is 1650. The maximum Gasteiger partial charge on any atom is 0.291 e. The van der Waals surface area contributed by atoms with Crippen LogP contribution in [0.3, 0.4) is 0 Å². The summed E-state index contributed by atoms with van der Waals surface area (Å²) in [7, 11) is 0. The second kappa shape index (κ2) is 12.9. The number of nitrogens with one attached hydrogen (secondary N) is 2. The minimum absolute atomic E-state index is 0.176. The first kappa shape index (κ1) is 27.5. The first-order chi connectivity index (χ1) is 20.4. The summed E-state index contributed by atoms with van der Waals surface area (Å²) in [5, 5.41) is 5.41. The number of anilines is 2. The van der Waals surface area contributed by atoms with Crippen LogP contribution in [-0.2, 0) is 0 Å². The third kappa shape index (κ3) is 7.13. The van der Waals surface area contributed by atoms with Crippen LogP contribution in [0.1, 0.15) is 53.0 Å². The third-order valence-electron chi connectivity index (χ3n) is 6.09. The highest BCUT2D eigenvalue weighted by atomic mass is 16.3. The van der Waals surface area contributed by atoms with Gasteiger partial charge in [-0.05, 0) is 71.8 Å². The smallest absolute Gasteiger partial charge is 0.291 e. The molecule has 0 saturated heterocycles. The van der Waals surface area contributed by atoms with E-state index in [4.69, 9.17) is 8.83 Å². The molecule has 0 radical (unpaired) electrons. The van der Waals surface area contributed by atoms with Crippen LogP contribution < -0.4 is 10.6 Å². The second-order valence-corrected chi connectivity index (χ2v) is 9.09. The van der Waals surface area contributed by atoms with Gasteiger partial charge in [-0.1, -0.05) is 60.7 Å². The minimum Gasteiger partial charge on any atom is -0.459 e. The van der Waals surface area contributed by atoms with Crippen LogP contribution in [0.25, 0.3) is 12.2 Å². The summed E-state index contributed by atoms with van der Waals surface area (Å²) in [5.74, 6) is -0.897. The summed E-state index contributed by atoms with van der Waals surface area (Å²) < 4.78 is 10.2. The van der Waals surface area contributed by atoms with E-state index in [-0.39, 0.29) is 23.1 Å². The molecule has 0 saturated carbocycles. The van der Waals surface area contributed by atoms with E-state index in [1.807, 2.05) is 24.3 Å². The third-order valence-corrected chi connectivity index (χ3v) is 6.09. The molecule has 0 unspecified atom stereocenters. The predicted molar refractivity (Wildman–Crippen MR) is 159 cm³/mol. The van der Waals surface area contributed by atoms with Crippen molar-refractivity contribution < 1.29 is 28.0 Å². The van der Waals surface area contributed by atoms with E-state index < -0.39 is 11.8 Å². The number of carbonyl (C=O) groups excluding carboxylic acids is 4. The molecule has 42 heavy (non-hydrogen) atoms. The quantitative estimate of drug-likeness (QED) is 0.139. The van der Waals surface area contributed by atoms with Crippen LogP contribution in [0.15, 0.2) is 131 Å². The molecule has 2 heterocycles. The highest BCUT2D eigenvalue weighted by Gasteiger charge is 2.11. The standard InChI is InChI=1S/C34H24N2O6/c37-29(25-5-1-7-27(21-25)35-33(39)31-9-3-19-41-31)17-15-23-11-13-24(14-12-23)16-18-30(38)26-6-2-8-28(22-26)36-34(40)32-10-4-20-42-32/h1-22H,(H,35,39)(H,36,40). The van der Waals surface area contributed by atoms with Gasteiger partial charge in [0.2, 0.25) is 0 Å². The molecule has 0 bridgehead atoms. The normalized spacial score (nSPS) is 11.0. The van der Waals surface area contributed by atoms with E-state index in [0.717, 1.165) is 11.1 Å². The van der Waals surface area contributed by atoms with Crippen molar-refractivity contribution in [2.75, 3.05) is 10.6 Å². The number of ketones is 2. The van der Waals surface area contributed by atoms with Gasteiger partial charge in [0.25, 0.3) is 11.8 Å². The van der Waals surface area contributed by atoms with Gasteiger partial charge in [0, 0.05) is 22.5 Å². The molecule has 5 rings (SSSR count). The lowest BCUT2D eigenvalue weighted by molar-refractivity contribution is 0.0989. The molecular formula is C34H24N2O6. The fourth-order valence-electron chi connectivity index (χ4n) is 3.96. The van der Waals surface area contributed by atoms with Crippen molar-refractivity contribution in [3.8, 4) is 0 Å². The van der Waals surface area contributed by atoms with Gasteiger partial charge < -0.3 is 19.5 Å². The molecular weight excluding hydrogens is 532 g/mol. The van der Waals surface area contributed by atoms with Gasteiger partial charge in [-0.25, -0.2) is 0 Å². The van der Waals surface area contributed by atoms with Crippen molar-refractivity contribution in [3.63, 3.8) is 0 Å². The molecule has 0 atom stereocenters. The maximum atomic E-state index is 12.7. The van der Waals surface area contributed by atoms with E-state index in [0.29, 0.717) is 22.5 Å². The zero-order chi connectivity index (χ0) is 29.3. The number of amides is 2. The molecule has 5 aromatic rings. The van der Waals surface area contributed by atoms with Gasteiger partial charge >= 0.3 is 0 Å². The lowest BCUT2D eigenvalue weighted by Gasteiger charge is -2.05. The van der Waals surface area contributed by atoms with Crippen LogP contribution in [-0.4, -0.2) is 23.4 Å². The monoisotopic (exact) mass is 556 g/mol. The zero-order valence-electron chi connectivity index (χ0n) is 22.2. The molecule has 0 aliphatic rings. The summed E-state index contributed by atoms with van der Waals surface area (Å²) in [6, 6.07) is 27.0. The zero-order valence-corrected chi connectivity index (χ0v) is 22.2. The summed E-state index contributed by atoms with van der Waals surface area (Å²) in [6.07, 6.45) is 9.13. The Hall–Kier alpha value is -6.02. The lowest BCUT2D eigenvalue weighted by Crippen LogP contribution is -2.11. The van der Waals surface area contributed by atoms with Gasteiger partial charge in [-0.3, -0.25) is 19.2 Å². The summed E-state index contributed by atoms with van der Waals surface area (Å²) in [6.45, 7) is 0. The van der Waals surface area contributed by atoms with Gasteiger partial charge in [-0.2, -0.15) is 0 Å². The van der Waals surface area contributed by atoms with E-state index in [9.17, 15) is 19.2 Å². The number of benzene rings is 3. The fourth-order valence-corrected chi connectivity index (χ4v) is 3.96. The van der Waals surface area contributed by atoms with E-state index >= 15 is 0 Å². The van der Waals surface area contributed by atoms with Crippen molar-refractivity contribution in [2.24, 2.45) is 0 Å². The van der Waals surface area contributed by atoms with Crippen molar-refractivity contribution in [1.29, 1.82) is 0 Å². The van der Waals surface area contributed by atoms with Crippen molar-refractivity contribution in [1.82, 2.24) is 0 Å². The molecule has 2 aromatic heterocycles. The number of furan rings is 2.